The number of esters is 1. The summed E-state index contributed by atoms with van der Waals surface area (Å²) in [5.41, 5.74) is 2.12. The van der Waals surface area contributed by atoms with Gasteiger partial charge in [0.2, 0.25) is 5.91 Å². The summed E-state index contributed by atoms with van der Waals surface area (Å²) >= 11 is 0. The van der Waals surface area contributed by atoms with E-state index in [1.807, 2.05) is 75.4 Å². The molecule has 2 aromatic rings. The third-order valence-corrected chi connectivity index (χ3v) is 5.06. The van der Waals surface area contributed by atoms with Gasteiger partial charge in [0.25, 0.3) is 0 Å². The molecule has 2 rings (SSSR count). The van der Waals surface area contributed by atoms with Crippen LogP contribution in [0, 0.1) is 12.8 Å². The highest BCUT2D eigenvalue weighted by molar-refractivity contribution is 5.89. The number of carbonyl (C=O) groups excluding carboxylic acids is 3. The van der Waals surface area contributed by atoms with Gasteiger partial charge in [-0.2, -0.15) is 0 Å². The average molecular weight is 483 g/mol. The maximum absolute atomic E-state index is 13.2. The summed E-state index contributed by atoms with van der Waals surface area (Å²) in [6.45, 7) is 11.2. The van der Waals surface area contributed by atoms with Crippen LogP contribution < -0.4 is 10.6 Å². The molecule has 2 atom stereocenters. The van der Waals surface area contributed by atoms with Crippen LogP contribution in [0.2, 0.25) is 0 Å². The monoisotopic (exact) mass is 482 g/mol. The van der Waals surface area contributed by atoms with Crippen LogP contribution >= 0.6 is 0 Å². The molecule has 0 spiro atoms. The zero-order valence-electron chi connectivity index (χ0n) is 21.6. The summed E-state index contributed by atoms with van der Waals surface area (Å²) in [6.07, 6.45) is -0.0263. The van der Waals surface area contributed by atoms with Crippen LogP contribution in [0.4, 0.5) is 4.79 Å². The minimum Gasteiger partial charge on any atom is -0.459 e. The van der Waals surface area contributed by atoms with Crippen LogP contribution in [0.5, 0.6) is 0 Å². The fraction of sp³-hybridized carbons (Fsp3) is 0.464. The lowest BCUT2D eigenvalue weighted by molar-refractivity contribution is -0.149. The zero-order chi connectivity index (χ0) is 26.0. The number of benzene rings is 2. The van der Waals surface area contributed by atoms with Gasteiger partial charge in [-0.3, -0.25) is 4.79 Å². The van der Waals surface area contributed by atoms with E-state index in [1.54, 1.807) is 20.8 Å². The van der Waals surface area contributed by atoms with E-state index in [0.717, 1.165) is 16.7 Å². The Bertz CT molecular complexity index is 982. The lowest BCUT2D eigenvalue weighted by atomic mass is 10.0. The van der Waals surface area contributed by atoms with Crippen LogP contribution in [0.25, 0.3) is 0 Å². The van der Waals surface area contributed by atoms with Crippen molar-refractivity contribution < 1.29 is 23.9 Å². The van der Waals surface area contributed by atoms with Gasteiger partial charge >= 0.3 is 12.1 Å². The van der Waals surface area contributed by atoms with E-state index in [4.69, 9.17) is 9.47 Å². The first-order valence-corrected chi connectivity index (χ1v) is 12.0. The molecule has 0 fully saturated rings. The molecule has 0 saturated heterocycles. The van der Waals surface area contributed by atoms with Crippen molar-refractivity contribution in [3.63, 3.8) is 0 Å². The highest BCUT2D eigenvalue weighted by Gasteiger charge is 2.30. The Labute approximate surface area is 208 Å². The third-order valence-electron chi connectivity index (χ3n) is 5.06. The minimum atomic E-state index is -0.912. The van der Waals surface area contributed by atoms with Gasteiger partial charge in [0.1, 0.15) is 24.3 Å². The quantitative estimate of drug-likeness (QED) is 0.479. The second-order valence-electron chi connectivity index (χ2n) is 10.2. The summed E-state index contributed by atoms with van der Waals surface area (Å²) in [6, 6.07) is 15.3. The lowest BCUT2D eigenvalue weighted by Crippen LogP contribution is -2.53. The number of rotatable bonds is 10. The minimum absolute atomic E-state index is 0.104. The molecule has 0 heterocycles. The Morgan fingerprint density at radius 3 is 2.14 bits per heavy atom. The Balaban J connectivity index is 2.15. The highest BCUT2D eigenvalue weighted by Crippen LogP contribution is 2.12. The summed E-state index contributed by atoms with van der Waals surface area (Å²) in [7, 11) is 0. The van der Waals surface area contributed by atoms with Crippen LogP contribution in [0.3, 0.4) is 0 Å². The first-order chi connectivity index (χ1) is 16.4. The second kappa shape index (κ2) is 12.9. The Morgan fingerprint density at radius 1 is 0.886 bits per heavy atom. The highest BCUT2D eigenvalue weighted by atomic mass is 16.6. The van der Waals surface area contributed by atoms with Crippen molar-refractivity contribution in [1.82, 2.24) is 10.6 Å². The fourth-order valence-corrected chi connectivity index (χ4v) is 3.53. The normalized spacial score (nSPS) is 13.0. The van der Waals surface area contributed by atoms with Gasteiger partial charge in [-0.05, 0) is 51.2 Å². The molecule has 2 amide bonds. The lowest BCUT2D eigenvalue weighted by Gasteiger charge is -2.26. The number of nitrogens with one attached hydrogen (secondary N) is 2. The predicted octanol–water partition coefficient (Wildman–Crippen LogP) is 4.71. The van der Waals surface area contributed by atoms with Gasteiger partial charge in [-0.15, -0.1) is 0 Å². The molecule has 2 aromatic carbocycles. The number of hydrogen-bond acceptors (Lipinski definition) is 5. The number of ether oxygens (including phenoxy) is 2. The van der Waals surface area contributed by atoms with E-state index in [0.29, 0.717) is 6.42 Å². The van der Waals surface area contributed by atoms with Gasteiger partial charge in [0, 0.05) is 6.42 Å². The summed E-state index contributed by atoms with van der Waals surface area (Å²) in [4.78, 5) is 38.6. The van der Waals surface area contributed by atoms with Crippen LogP contribution in [-0.4, -0.2) is 35.7 Å². The molecular weight excluding hydrogens is 444 g/mol. The molecule has 0 saturated carbocycles. The van der Waals surface area contributed by atoms with Crippen LogP contribution in [-0.2, 0) is 32.1 Å². The van der Waals surface area contributed by atoms with Crippen molar-refractivity contribution in [2.24, 2.45) is 5.92 Å². The molecule has 190 valence electrons. The van der Waals surface area contributed by atoms with E-state index in [9.17, 15) is 14.4 Å². The molecule has 35 heavy (non-hydrogen) atoms. The molecule has 7 nitrogen and oxygen atoms in total. The maximum Gasteiger partial charge on any atom is 0.408 e. The first-order valence-electron chi connectivity index (χ1n) is 12.0. The fourth-order valence-electron chi connectivity index (χ4n) is 3.53. The Hall–Kier alpha value is -3.35. The van der Waals surface area contributed by atoms with Gasteiger partial charge in [0.05, 0.1) is 0 Å². The summed E-state index contributed by atoms with van der Waals surface area (Å²) in [5.74, 6) is -0.871. The number of aryl methyl sites for hydroxylation is 1. The number of carbonyl (C=O) groups is 3. The van der Waals surface area contributed by atoms with Crippen molar-refractivity contribution in [3.05, 3.63) is 71.3 Å². The van der Waals surface area contributed by atoms with E-state index in [-0.39, 0.29) is 18.9 Å². The topological polar surface area (TPSA) is 93.7 Å². The van der Waals surface area contributed by atoms with E-state index < -0.39 is 35.7 Å². The van der Waals surface area contributed by atoms with Gasteiger partial charge in [0.15, 0.2) is 0 Å². The second-order valence-corrected chi connectivity index (χ2v) is 10.2. The summed E-state index contributed by atoms with van der Waals surface area (Å²) in [5, 5.41) is 5.45. The maximum atomic E-state index is 13.2. The Kier molecular flexibility index (Phi) is 10.3. The van der Waals surface area contributed by atoms with Crippen molar-refractivity contribution in [3.8, 4) is 0 Å². The number of amides is 2. The largest absolute Gasteiger partial charge is 0.459 e. The standard InChI is InChI=1S/C28H38N2O5/c1-19(2)15-23(30-27(33)35-28(4,5)6)25(31)29-24(17-21-12-8-7-9-13-21)26(32)34-18-22-14-10-11-20(3)16-22/h7-14,16,19,23-24H,15,17-18H2,1-6H3,(H,29,31)(H,30,33)/t23-,24-/m0/s1. The zero-order valence-corrected chi connectivity index (χ0v) is 21.6. The molecule has 0 aliphatic carbocycles. The van der Waals surface area contributed by atoms with Crippen molar-refractivity contribution in [2.75, 3.05) is 0 Å². The van der Waals surface area contributed by atoms with E-state index >= 15 is 0 Å². The number of hydrogen-bond donors (Lipinski definition) is 2. The molecule has 0 bridgehead atoms. The molecular formula is C28H38N2O5. The first kappa shape index (κ1) is 27.9. The number of alkyl carbamates (subject to hydrolysis) is 1. The molecule has 0 radical (unpaired) electrons. The van der Waals surface area contributed by atoms with E-state index in [1.165, 1.54) is 0 Å². The Morgan fingerprint density at radius 2 is 1.54 bits per heavy atom. The molecule has 0 aromatic heterocycles. The van der Waals surface area contributed by atoms with Crippen molar-refractivity contribution in [1.29, 1.82) is 0 Å². The van der Waals surface area contributed by atoms with Crippen molar-refractivity contribution >= 4 is 18.0 Å². The van der Waals surface area contributed by atoms with Gasteiger partial charge < -0.3 is 20.1 Å². The van der Waals surface area contributed by atoms with Crippen molar-refractivity contribution in [2.45, 2.75) is 78.7 Å². The molecule has 0 aliphatic rings. The molecule has 7 heteroatoms. The van der Waals surface area contributed by atoms with E-state index in [2.05, 4.69) is 10.6 Å². The average Bonchev–Trinajstić information content (AvgIpc) is 2.75. The molecule has 0 unspecified atom stereocenters. The third kappa shape index (κ3) is 10.6. The SMILES string of the molecule is Cc1cccc(COC(=O)[C@H](Cc2ccccc2)NC(=O)[C@H](CC(C)C)NC(=O)OC(C)(C)C)c1. The smallest absolute Gasteiger partial charge is 0.408 e. The van der Waals surface area contributed by atoms with Crippen LogP contribution in [0.1, 0.15) is 57.7 Å². The van der Waals surface area contributed by atoms with Gasteiger partial charge in [-0.1, -0.05) is 74.0 Å². The molecule has 0 aliphatic heterocycles. The summed E-state index contributed by atoms with van der Waals surface area (Å²) < 4.78 is 10.9. The predicted molar refractivity (Wildman–Crippen MR) is 136 cm³/mol. The molecule has 2 N–H and O–H groups in total. The van der Waals surface area contributed by atoms with Gasteiger partial charge in [-0.25, -0.2) is 9.59 Å². The van der Waals surface area contributed by atoms with Crippen LogP contribution in [0.15, 0.2) is 54.6 Å².